The van der Waals surface area contributed by atoms with Gasteiger partial charge in [-0.1, -0.05) is 0 Å². The van der Waals surface area contributed by atoms with E-state index in [1.54, 1.807) is 20.8 Å². The molecule has 0 aromatic carbocycles. The lowest BCUT2D eigenvalue weighted by Gasteiger charge is -2.21. The highest BCUT2D eigenvalue weighted by Gasteiger charge is 2.30. The van der Waals surface area contributed by atoms with Crippen LogP contribution in [0.25, 0.3) is 0 Å². The maximum atomic E-state index is 11.8. The maximum absolute atomic E-state index is 11.8. The Kier molecular flexibility index (Phi) is 4.07. The molecule has 0 unspecified atom stereocenters. The maximum Gasteiger partial charge on any atom is 0.357 e. The molecule has 0 bridgehead atoms. The fourth-order valence-corrected chi connectivity index (χ4v) is 1.22. The molecule has 0 spiro atoms. The van der Waals surface area contributed by atoms with Crippen molar-refractivity contribution in [1.82, 2.24) is 4.98 Å². The Morgan fingerprint density at radius 2 is 2.17 bits per heavy atom. The van der Waals surface area contributed by atoms with Crippen molar-refractivity contribution in [3.05, 3.63) is 17.8 Å². The molecule has 1 atom stereocenters. The number of ether oxygens (including phenoxy) is 1. The first kappa shape index (κ1) is 14.2. The number of carbonyl (C=O) groups is 2. The number of aromatic carboxylic acids is 1. The zero-order valence-electron chi connectivity index (χ0n) is 10.5. The Morgan fingerprint density at radius 1 is 1.56 bits per heavy atom. The Bertz CT molecular complexity index is 447. The molecule has 0 aliphatic rings. The third-order valence-electron chi connectivity index (χ3n) is 1.97. The van der Waals surface area contributed by atoms with Gasteiger partial charge < -0.3 is 20.0 Å². The first-order chi connectivity index (χ1) is 8.24. The zero-order chi connectivity index (χ0) is 13.9. The summed E-state index contributed by atoms with van der Waals surface area (Å²) in [6.07, 6.45) is 0.963. The SMILES string of the molecule is CC(C)(C)OC(=O)[C@@H](CN)c1nc(C(=O)O)co1. The van der Waals surface area contributed by atoms with Gasteiger partial charge in [0.05, 0.1) is 0 Å². The molecule has 1 rings (SSSR count). The molecule has 3 N–H and O–H groups in total. The van der Waals surface area contributed by atoms with Crippen LogP contribution < -0.4 is 5.73 Å². The van der Waals surface area contributed by atoms with Gasteiger partial charge in [-0.05, 0) is 20.8 Å². The fourth-order valence-electron chi connectivity index (χ4n) is 1.22. The Labute approximate surface area is 104 Å². The van der Waals surface area contributed by atoms with E-state index in [0.717, 1.165) is 6.26 Å². The van der Waals surface area contributed by atoms with Crippen LogP contribution in [0.1, 0.15) is 43.1 Å². The molecule has 7 nitrogen and oxygen atoms in total. The van der Waals surface area contributed by atoms with Gasteiger partial charge in [-0.3, -0.25) is 4.79 Å². The number of carboxylic acid groups (broad SMARTS) is 1. The van der Waals surface area contributed by atoms with Crippen molar-refractivity contribution in [3.8, 4) is 0 Å². The third kappa shape index (κ3) is 3.56. The number of carboxylic acids is 1. The number of nitrogens with two attached hydrogens (primary N) is 1. The van der Waals surface area contributed by atoms with Gasteiger partial charge in [0, 0.05) is 6.54 Å². The fraction of sp³-hybridized carbons (Fsp3) is 0.545. The summed E-state index contributed by atoms with van der Waals surface area (Å²) >= 11 is 0. The van der Waals surface area contributed by atoms with Crippen molar-refractivity contribution in [3.63, 3.8) is 0 Å². The normalized spacial score (nSPS) is 13.1. The van der Waals surface area contributed by atoms with Crippen LogP contribution in [0, 0.1) is 0 Å². The Morgan fingerprint density at radius 3 is 2.56 bits per heavy atom. The van der Waals surface area contributed by atoms with E-state index in [0.29, 0.717) is 0 Å². The average Bonchev–Trinajstić information content (AvgIpc) is 2.65. The van der Waals surface area contributed by atoms with Crippen molar-refractivity contribution < 1.29 is 23.8 Å². The van der Waals surface area contributed by atoms with Crippen molar-refractivity contribution in [2.24, 2.45) is 5.73 Å². The van der Waals surface area contributed by atoms with Crippen LogP contribution in [-0.2, 0) is 9.53 Å². The second-order valence-electron chi connectivity index (χ2n) is 4.70. The monoisotopic (exact) mass is 256 g/mol. The first-order valence-electron chi connectivity index (χ1n) is 5.36. The topological polar surface area (TPSA) is 116 Å². The van der Waals surface area contributed by atoms with Crippen LogP contribution in [-0.4, -0.2) is 34.2 Å². The van der Waals surface area contributed by atoms with Gasteiger partial charge in [-0.2, -0.15) is 0 Å². The number of oxazole rings is 1. The second-order valence-corrected chi connectivity index (χ2v) is 4.70. The van der Waals surface area contributed by atoms with Crippen LogP contribution >= 0.6 is 0 Å². The van der Waals surface area contributed by atoms with E-state index in [1.807, 2.05) is 0 Å². The smallest absolute Gasteiger partial charge is 0.357 e. The van der Waals surface area contributed by atoms with Crippen molar-refractivity contribution in [1.29, 1.82) is 0 Å². The second kappa shape index (κ2) is 5.18. The van der Waals surface area contributed by atoms with Crippen LogP contribution in [0.3, 0.4) is 0 Å². The molecule has 0 saturated carbocycles. The highest BCUT2D eigenvalue weighted by atomic mass is 16.6. The van der Waals surface area contributed by atoms with Crippen molar-refractivity contribution >= 4 is 11.9 Å². The molecule has 0 amide bonds. The van der Waals surface area contributed by atoms with Crippen LogP contribution in [0.4, 0.5) is 0 Å². The van der Waals surface area contributed by atoms with Crippen LogP contribution in [0.15, 0.2) is 10.7 Å². The molecule has 0 fully saturated rings. The van der Waals surface area contributed by atoms with Gasteiger partial charge in [-0.15, -0.1) is 0 Å². The lowest BCUT2D eigenvalue weighted by molar-refractivity contribution is -0.157. The van der Waals surface area contributed by atoms with E-state index in [1.165, 1.54) is 0 Å². The van der Waals surface area contributed by atoms with Crippen molar-refractivity contribution in [2.45, 2.75) is 32.3 Å². The van der Waals surface area contributed by atoms with Gasteiger partial charge >= 0.3 is 11.9 Å². The lowest BCUT2D eigenvalue weighted by atomic mass is 10.1. The van der Waals surface area contributed by atoms with E-state index >= 15 is 0 Å². The first-order valence-corrected chi connectivity index (χ1v) is 5.36. The van der Waals surface area contributed by atoms with E-state index in [-0.39, 0.29) is 18.1 Å². The summed E-state index contributed by atoms with van der Waals surface area (Å²) < 4.78 is 10.1. The van der Waals surface area contributed by atoms with Gasteiger partial charge in [-0.25, -0.2) is 9.78 Å². The number of hydrogen-bond donors (Lipinski definition) is 2. The Hall–Kier alpha value is -1.89. The molecular weight excluding hydrogens is 240 g/mol. The zero-order valence-corrected chi connectivity index (χ0v) is 10.5. The van der Waals surface area contributed by atoms with E-state index < -0.39 is 23.5 Å². The molecule has 18 heavy (non-hydrogen) atoms. The van der Waals surface area contributed by atoms with Crippen molar-refractivity contribution in [2.75, 3.05) is 6.54 Å². The predicted molar refractivity (Wildman–Crippen MR) is 61.1 cm³/mol. The number of aromatic nitrogens is 1. The summed E-state index contributed by atoms with van der Waals surface area (Å²) in [6.45, 7) is 5.08. The number of carbonyl (C=O) groups excluding carboxylic acids is 1. The molecule has 0 aliphatic heterocycles. The van der Waals surface area contributed by atoms with Gasteiger partial charge in [0.2, 0.25) is 5.89 Å². The van der Waals surface area contributed by atoms with E-state index in [9.17, 15) is 9.59 Å². The summed E-state index contributed by atoms with van der Waals surface area (Å²) in [5.74, 6) is -2.78. The molecule has 100 valence electrons. The molecule has 1 aromatic heterocycles. The molecule has 0 radical (unpaired) electrons. The third-order valence-corrected chi connectivity index (χ3v) is 1.97. The molecular formula is C11H16N2O5. The van der Waals surface area contributed by atoms with Gasteiger partial charge in [0.15, 0.2) is 5.69 Å². The quantitative estimate of drug-likeness (QED) is 0.764. The molecule has 0 aliphatic carbocycles. The minimum absolute atomic E-state index is 0.0517. The highest BCUT2D eigenvalue weighted by Crippen LogP contribution is 2.19. The summed E-state index contributed by atoms with van der Waals surface area (Å²) in [7, 11) is 0. The van der Waals surface area contributed by atoms with E-state index in [4.69, 9.17) is 20.0 Å². The lowest BCUT2D eigenvalue weighted by Crippen LogP contribution is -2.31. The van der Waals surface area contributed by atoms with Gasteiger partial charge in [0.25, 0.3) is 0 Å². The summed E-state index contributed by atoms with van der Waals surface area (Å²) in [5, 5.41) is 8.71. The summed E-state index contributed by atoms with van der Waals surface area (Å²) in [6, 6.07) is 0. The van der Waals surface area contributed by atoms with E-state index in [2.05, 4.69) is 4.98 Å². The Balaban J connectivity index is 2.88. The van der Waals surface area contributed by atoms with Crippen LogP contribution in [0.2, 0.25) is 0 Å². The number of nitrogens with zero attached hydrogens (tertiary/aromatic N) is 1. The summed E-state index contributed by atoms with van der Waals surface area (Å²) in [5.41, 5.74) is 4.53. The highest BCUT2D eigenvalue weighted by molar-refractivity contribution is 5.85. The van der Waals surface area contributed by atoms with Crippen LogP contribution in [0.5, 0.6) is 0 Å². The van der Waals surface area contributed by atoms with Gasteiger partial charge in [0.1, 0.15) is 17.8 Å². The molecule has 0 saturated heterocycles. The number of hydrogen-bond acceptors (Lipinski definition) is 6. The molecule has 7 heteroatoms. The number of esters is 1. The summed E-state index contributed by atoms with van der Waals surface area (Å²) in [4.78, 5) is 26.2. The largest absolute Gasteiger partial charge is 0.476 e. The standard InChI is InChI=1S/C11H16N2O5/c1-11(2,3)18-10(16)6(4-12)8-13-7(5-17-8)9(14)15/h5-6H,4,12H2,1-3H3,(H,14,15)/t6-/m0/s1. The molecule has 1 heterocycles. The molecule has 1 aromatic rings. The average molecular weight is 256 g/mol. The number of rotatable bonds is 4. The minimum atomic E-state index is -1.23. The predicted octanol–water partition coefficient (Wildman–Crippen LogP) is 0.757. The minimum Gasteiger partial charge on any atom is -0.476 e.